The van der Waals surface area contributed by atoms with Crippen LogP contribution in [-0.4, -0.2) is 79.9 Å². The number of nitrogens with one attached hydrogen (secondary N) is 1. The quantitative estimate of drug-likeness (QED) is 0.398. The number of benzene rings is 2. The highest BCUT2D eigenvalue weighted by Gasteiger charge is 2.22. The number of hydrogen-bond donors (Lipinski definition) is 3. The van der Waals surface area contributed by atoms with Gasteiger partial charge in [0.15, 0.2) is 11.6 Å². The van der Waals surface area contributed by atoms with Crippen molar-refractivity contribution >= 4 is 23.2 Å². The van der Waals surface area contributed by atoms with E-state index in [1.165, 1.54) is 25.3 Å². The first-order valence-electron chi connectivity index (χ1n) is 11.2. The third-order valence-electron chi connectivity index (χ3n) is 5.60. The van der Waals surface area contributed by atoms with Gasteiger partial charge in [-0.15, -0.1) is 0 Å². The molecule has 2 atom stereocenters. The number of aliphatic hydroxyl groups excluding tert-OH is 2. The topological polar surface area (TPSA) is 83.4 Å². The first kappa shape index (κ1) is 26.8. The average Bonchev–Trinajstić information content (AvgIpc) is 2.83. The predicted molar refractivity (Wildman–Crippen MR) is 130 cm³/mol. The maximum atomic E-state index is 13.5. The number of β-amino-alcohol motifs (C(OH)–C–C–N with tert-alkyl or cyclic N) is 1. The Labute approximate surface area is 209 Å². The highest BCUT2D eigenvalue weighted by atomic mass is 35.5. The molecule has 0 aliphatic carbocycles. The highest BCUT2D eigenvalue weighted by Crippen LogP contribution is 2.26. The van der Waals surface area contributed by atoms with Gasteiger partial charge in [0, 0.05) is 31.3 Å². The Bertz CT molecular complexity index is 915. The number of aliphatic hydroxyl groups is 2. The third kappa shape index (κ3) is 8.45. The number of nitrogens with zero attached hydrogens (tertiary/aromatic N) is 1. The van der Waals surface area contributed by atoms with E-state index in [-0.39, 0.29) is 25.0 Å². The van der Waals surface area contributed by atoms with Gasteiger partial charge in [0.25, 0.3) is 0 Å². The Kier molecular flexibility index (Phi) is 10.5. The first-order valence-corrected chi connectivity index (χ1v) is 12.0. The molecule has 34 heavy (non-hydrogen) atoms. The summed E-state index contributed by atoms with van der Waals surface area (Å²) in [6.07, 6.45) is 0.490. The van der Waals surface area contributed by atoms with Crippen molar-refractivity contribution in [1.82, 2.24) is 10.2 Å². The maximum absolute atomic E-state index is 13.5. The fourth-order valence-electron chi connectivity index (χ4n) is 3.71. The minimum absolute atomic E-state index is 0.0889. The van der Waals surface area contributed by atoms with Crippen molar-refractivity contribution in [3.63, 3.8) is 0 Å². The summed E-state index contributed by atoms with van der Waals surface area (Å²) < 4.78 is 29.5. The van der Waals surface area contributed by atoms with E-state index in [1.807, 2.05) is 0 Å². The third-order valence-corrected chi connectivity index (χ3v) is 6.34. The van der Waals surface area contributed by atoms with Crippen LogP contribution in [0.5, 0.6) is 17.2 Å². The summed E-state index contributed by atoms with van der Waals surface area (Å²) in [6, 6.07) is 9.50. The molecule has 2 aromatic rings. The van der Waals surface area contributed by atoms with Crippen LogP contribution in [0.2, 0.25) is 10.0 Å². The minimum Gasteiger partial charge on any atom is -0.494 e. The molecule has 1 heterocycles. The van der Waals surface area contributed by atoms with E-state index in [2.05, 4.69) is 10.2 Å². The van der Waals surface area contributed by atoms with E-state index in [9.17, 15) is 14.6 Å². The van der Waals surface area contributed by atoms with E-state index in [1.54, 1.807) is 18.2 Å². The molecule has 1 fully saturated rings. The van der Waals surface area contributed by atoms with Gasteiger partial charge in [-0.05, 0) is 50.2 Å². The summed E-state index contributed by atoms with van der Waals surface area (Å²) in [5.41, 5.74) is 0. The van der Waals surface area contributed by atoms with E-state index >= 15 is 0 Å². The molecule has 3 N–H and O–H groups in total. The molecule has 0 radical (unpaired) electrons. The van der Waals surface area contributed by atoms with Crippen LogP contribution in [0.3, 0.4) is 0 Å². The number of ether oxygens (including phenoxy) is 3. The molecule has 1 saturated heterocycles. The lowest BCUT2D eigenvalue weighted by Crippen LogP contribution is -2.47. The second-order valence-corrected chi connectivity index (χ2v) is 9.10. The Morgan fingerprint density at radius 1 is 1.00 bits per heavy atom. The summed E-state index contributed by atoms with van der Waals surface area (Å²) in [5.74, 6) is 0.641. The zero-order valence-corrected chi connectivity index (χ0v) is 20.6. The van der Waals surface area contributed by atoms with Crippen molar-refractivity contribution in [3.05, 3.63) is 52.3 Å². The van der Waals surface area contributed by atoms with Gasteiger partial charge in [-0.3, -0.25) is 0 Å². The largest absolute Gasteiger partial charge is 0.494 e. The van der Waals surface area contributed by atoms with Crippen LogP contribution in [0.25, 0.3) is 0 Å². The molecule has 3 rings (SSSR count). The molecule has 1 aliphatic rings. The zero-order valence-electron chi connectivity index (χ0n) is 19.1. The smallest absolute Gasteiger partial charge is 0.165 e. The van der Waals surface area contributed by atoms with Crippen LogP contribution in [0.4, 0.5) is 4.39 Å². The molecule has 188 valence electrons. The lowest BCUT2D eigenvalue weighted by Gasteiger charge is -2.33. The molecule has 0 bridgehead atoms. The minimum atomic E-state index is -0.700. The second kappa shape index (κ2) is 13.3. The molecule has 0 saturated carbocycles. The summed E-state index contributed by atoms with van der Waals surface area (Å²) >= 11 is 11.9. The standard InChI is InChI=1S/C24H31Cl2FN2O5/c1-32-24-11-20(3-5-23(24)27)33-14-17(30)12-28-16-6-8-29(9-7-16)13-18(31)15-34-19-2-4-21(25)22(26)10-19/h2-5,10-11,16-18,28,30-31H,6-9,12-15H2,1H3/t17-,18+/m1/s1. The highest BCUT2D eigenvalue weighted by molar-refractivity contribution is 6.42. The van der Waals surface area contributed by atoms with Gasteiger partial charge in [-0.2, -0.15) is 0 Å². The Balaban J connectivity index is 1.29. The molecule has 2 aromatic carbocycles. The van der Waals surface area contributed by atoms with Gasteiger partial charge in [0.05, 0.1) is 17.2 Å². The number of likely N-dealkylation sites (tertiary alicyclic amines) is 1. The van der Waals surface area contributed by atoms with Gasteiger partial charge in [-0.25, -0.2) is 4.39 Å². The molecule has 0 unspecified atom stereocenters. The molecule has 7 nitrogen and oxygen atoms in total. The van der Waals surface area contributed by atoms with Gasteiger partial charge in [0.2, 0.25) is 0 Å². The van der Waals surface area contributed by atoms with Gasteiger partial charge in [-0.1, -0.05) is 23.2 Å². The summed E-state index contributed by atoms with van der Waals surface area (Å²) in [7, 11) is 1.39. The fraction of sp³-hybridized carbons (Fsp3) is 0.500. The van der Waals surface area contributed by atoms with Crippen molar-refractivity contribution in [3.8, 4) is 17.2 Å². The number of rotatable bonds is 12. The average molecular weight is 517 g/mol. The summed E-state index contributed by atoms with van der Waals surface area (Å²) in [4.78, 5) is 2.20. The van der Waals surface area contributed by atoms with E-state index in [4.69, 9.17) is 37.4 Å². The molecule has 10 heteroatoms. The summed E-state index contributed by atoms with van der Waals surface area (Å²) in [6.45, 7) is 2.84. The van der Waals surface area contributed by atoms with Crippen LogP contribution >= 0.6 is 23.2 Å². The number of hydrogen-bond acceptors (Lipinski definition) is 7. The lowest BCUT2D eigenvalue weighted by atomic mass is 10.0. The molecule has 1 aliphatic heterocycles. The van der Waals surface area contributed by atoms with Crippen LogP contribution in [0.15, 0.2) is 36.4 Å². The van der Waals surface area contributed by atoms with Crippen molar-refractivity contribution in [2.45, 2.75) is 31.1 Å². The molecule has 0 amide bonds. The lowest BCUT2D eigenvalue weighted by molar-refractivity contribution is 0.0556. The van der Waals surface area contributed by atoms with Gasteiger partial charge >= 0.3 is 0 Å². The first-order chi connectivity index (χ1) is 16.3. The van der Waals surface area contributed by atoms with Crippen LogP contribution < -0.4 is 19.5 Å². The summed E-state index contributed by atoms with van der Waals surface area (Å²) in [5, 5.41) is 24.8. The van der Waals surface area contributed by atoms with Crippen molar-refractivity contribution < 1.29 is 28.8 Å². The van der Waals surface area contributed by atoms with Crippen LogP contribution in [0, 0.1) is 5.82 Å². The Hall–Kier alpha value is -1.81. The van der Waals surface area contributed by atoms with Crippen molar-refractivity contribution in [2.24, 2.45) is 0 Å². The van der Waals surface area contributed by atoms with Gasteiger partial charge in [0.1, 0.15) is 36.9 Å². The Morgan fingerprint density at radius 3 is 2.32 bits per heavy atom. The number of methoxy groups -OCH3 is 1. The van der Waals surface area contributed by atoms with E-state index < -0.39 is 18.0 Å². The molecular weight excluding hydrogens is 486 g/mol. The maximum Gasteiger partial charge on any atom is 0.165 e. The predicted octanol–water partition coefficient (Wildman–Crippen LogP) is 3.37. The monoisotopic (exact) mass is 516 g/mol. The molecule has 0 aromatic heterocycles. The van der Waals surface area contributed by atoms with Crippen molar-refractivity contribution in [1.29, 1.82) is 0 Å². The SMILES string of the molecule is COc1cc(OC[C@H](O)CNC2CCN(C[C@H](O)COc3ccc(Cl)c(Cl)c3)CC2)ccc1F. The number of piperidine rings is 1. The Morgan fingerprint density at radius 2 is 1.65 bits per heavy atom. The van der Waals surface area contributed by atoms with Crippen molar-refractivity contribution in [2.75, 3.05) is 46.5 Å². The normalized spacial score (nSPS) is 16.8. The van der Waals surface area contributed by atoms with Gasteiger partial charge < -0.3 is 34.6 Å². The molecule has 0 spiro atoms. The molecular formula is C24H31Cl2FN2O5. The van der Waals surface area contributed by atoms with Crippen LogP contribution in [0.1, 0.15) is 12.8 Å². The fourth-order valence-corrected chi connectivity index (χ4v) is 4.00. The van der Waals surface area contributed by atoms with Crippen LogP contribution in [-0.2, 0) is 0 Å². The zero-order chi connectivity index (χ0) is 24.5. The van der Waals surface area contributed by atoms with E-state index in [0.29, 0.717) is 34.6 Å². The number of halogens is 3. The van der Waals surface area contributed by atoms with E-state index in [0.717, 1.165) is 25.9 Å². The second-order valence-electron chi connectivity index (χ2n) is 8.29.